The van der Waals surface area contributed by atoms with E-state index in [1.54, 1.807) is 0 Å². The van der Waals surface area contributed by atoms with Gasteiger partial charge in [0, 0.05) is 19.6 Å². The average Bonchev–Trinajstić information content (AvgIpc) is 2.66. The van der Waals surface area contributed by atoms with E-state index in [1.807, 2.05) is 18.2 Å². The summed E-state index contributed by atoms with van der Waals surface area (Å²) in [5.41, 5.74) is 1.24. The quantitative estimate of drug-likeness (QED) is 0.747. The van der Waals surface area contributed by atoms with Gasteiger partial charge in [-0.3, -0.25) is 4.79 Å². The Labute approximate surface area is 168 Å². The zero-order chi connectivity index (χ0) is 19.2. The first-order chi connectivity index (χ1) is 13.0. The lowest BCUT2D eigenvalue weighted by Crippen LogP contribution is -3.16. The Balaban J connectivity index is 1.39. The fourth-order valence-corrected chi connectivity index (χ4v) is 4.54. The van der Waals surface area contributed by atoms with Crippen molar-refractivity contribution in [3.8, 4) is 0 Å². The molecule has 1 aromatic rings. The molecule has 2 heterocycles. The van der Waals surface area contributed by atoms with E-state index in [-0.39, 0.29) is 0 Å². The molecule has 0 unspecified atom stereocenters. The number of hydrogen-bond donors (Lipinski definition) is 2. The monoisotopic (exact) mass is 389 g/mol. The number of quaternary nitrogens is 1. The molecular weight excluding hydrogens is 356 g/mol. The van der Waals surface area contributed by atoms with E-state index >= 15 is 0 Å². The molecule has 27 heavy (non-hydrogen) atoms. The van der Waals surface area contributed by atoms with Crippen LogP contribution in [0.2, 0.25) is 0 Å². The third-order valence-corrected chi connectivity index (χ3v) is 6.07. The Bertz CT molecular complexity index is 620. The van der Waals surface area contributed by atoms with Crippen molar-refractivity contribution >= 4 is 23.2 Å². The molecule has 0 aliphatic carbocycles. The van der Waals surface area contributed by atoms with Crippen LogP contribution in [0.25, 0.3) is 0 Å². The molecule has 2 atom stereocenters. The van der Waals surface area contributed by atoms with Crippen LogP contribution in [0.15, 0.2) is 30.3 Å². The summed E-state index contributed by atoms with van der Waals surface area (Å²) in [5.74, 6) is 1.57. The largest absolute Gasteiger partial charge is 0.358 e. The van der Waals surface area contributed by atoms with E-state index in [1.165, 1.54) is 16.9 Å². The lowest BCUT2D eigenvalue weighted by molar-refractivity contribution is -0.896. The topological polar surface area (TPSA) is 40.0 Å². The molecule has 2 N–H and O–H groups in total. The first kappa shape index (κ1) is 20.1. The van der Waals surface area contributed by atoms with E-state index in [4.69, 9.17) is 12.2 Å². The second-order valence-corrected chi connectivity index (χ2v) is 8.69. The lowest BCUT2D eigenvalue weighted by atomic mass is 9.92. The Hall–Kier alpha value is -1.66. The van der Waals surface area contributed by atoms with Gasteiger partial charge in [0.05, 0.1) is 26.2 Å². The van der Waals surface area contributed by atoms with Crippen LogP contribution in [0.1, 0.15) is 25.8 Å². The number of thiocarbonyl (C=S) groups is 1. The van der Waals surface area contributed by atoms with Gasteiger partial charge in [-0.25, -0.2) is 0 Å². The van der Waals surface area contributed by atoms with Gasteiger partial charge in [-0.15, -0.1) is 0 Å². The molecule has 2 aliphatic heterocycles. The number of nitrogens with one attached hydrogen (secondary N) is 2. The highest BCUT2D eigenvalue weighted by molar-refractivity contribution is 7.80. The third-order valence-electron chi connectivity index (χ3n) is 5.67. The van der Waals surface area contributed by atoms with Crippen LogP contribution in [0.4, 0.5) is 0 Å². The molecule has 0 spiro atoms. The Morgan fingerprint density at radius 1 is 1.11 bits per heavy atom. The minimum absolute atomic E-state index is 0.321. The minimum atomic E-state index is 0.321. The molecule has 2 saturated heterocycles. The molecule has 1 aromatic carbocycles. The predicted octanol–water partition coefficient (Wildman–Crippen LogP) is 0.766. The number of amides is 1. The summed E-state index contributed by atoms with van der Waals surface area (Å²) in [6, 6.07) is 10.3. The zero-order valence-electron chi connectivity index (χ0n) is 16.6. The maximum absolute atomic E-state index is 12.7. The summed E-state index contributed by atoms with van der Waals surface area (Å²) in [6.45, 7) is 11.5. The number of carbonyl (C=O) groups excluding carboxylic acids is 1. The van der Waals surface area contributed by atoms with E-state index in [9.17, 15) is 4.79 Å². The Kier molecular flexibility index (Phi) is 7.07. The highest BCUT2D eigenvalue weighted by atomic mass is 32.1. The van der Waals surface area contributed by atoms with Crippen LogP contribution in [0, 0.1) is 11.8 Å². The van der Waals surface area contributed by atoms with Crippen LogP contribution in [0.3, 0.4) is 0 Å². The molecule has 3 rings (SSSR count). The van der Waals surface area contributed by atoms with Crippen molar-refractivity contribution in [2.45, 2.75) is 26.8 Å². The van der Waals surface area contributed by atoms with Gasteiger partial charge in [-0.05, 0) is 36.0 Å². The molecule has 0 saturated carbocycles. The molecule has 0 radical (unpaired) electrons. The van der Waals surface area contributed by atoms with Crippen molar-refractivity contribution in [3.05, 3.63) is 35.9 Å². The van der Waals surface area contributed by atoms with E-state index in [0.29, 0.717) is 24.3 Å². The number of benzene rings is 1. The van der Waals surface area contributed by atoms with Gasteiger partial charge in [0.2, 0.25) is 0 Å². The fourth-order valence-electron chi connectivity index (χ4n) is 4.28. The number of hydrogen-bond acceptors (Lipinski definition) is 2. The maximum Gasteiger partial charge on any atom is 0.277 e. The molecule has 0 bridgehead atoms. The van der Waals surface area contributed by atoms with Crippen molar-refractivity contribution in [1.82, 2.24) is 15.1 Å². The van der Waals surface area contributed by atoms with Gasteiger partial charge in [-0.1, -0.05) is 44.2 Å². The van der Waals surface area contributed by atoms with Crippen molar-refractivity contribution < 1.29 is 9.69 Å². The number of likely N-dealkylation sites (tertiary alicyclic amines) is 1. The molecule has 5 nitrogen and oxygen atoms in total. The molecule has 6 heteroatoms. The number of nitrogens with zero attached hydrogens (tertiary/aromatic N) is 2. The fraction of sp³-hybridized carbons (Fsp3) is 0.619. The van der Waals surface area contributed by atoms with Crippen LogP contribution >= 0.6 is 12.2 Å². The predicted molar refractivity (Wildman–Crippen MR) is 113 cm³/mol. The Morgan fingerprint density at radius 2 is 1.74 bits per heavy atom. The number of carbonyl (C=O) groups is 1. The summed E-state index contributed by atoms with van der Waals surface area (Å²) < 4.78 is 0. The van der Waals surface area contributed by atoms with Crippen molar-refractivity contribution in [2.75, 3.05) is 45.8 Å². The lowest BCUT2D eigenvalue weighted by Gasteiger charge is -2.37. The normalized spacial score (nSPS) is 23.9. The third kappa shape index (κ3) is 5.91. The standard InChI is InChI=1S/C21H32N4OS/c1-17-12-18(2)15-25(14-17)20(26)16-23-8-10-24(11-9-23)21(27)22-13-19-6-4-3-5-7-19/h3-7,17-18H,8-16H2,1-2H3,(H,22,27)/p+1/t17-,18-/m1/s1. The summed E-state index contributed by atoms with van der Waals surface area (Å²) in [5, 5.41) is 4.18. The minimum Gasteiger partial charge on any atom is -0.358 e. The van der Waals surface area contributed by atoms with Gasteiger partial charge in [0.1, 0.15) is 0 Å². The molecule has 2 fully saturated rings. The maximum atomic E-state index is 12.7. The smallest absolute Gasteiger partial charge is 0.277 e. The van der Waals surface area contributed by atoms with Gasteiger partial charge >= 0.3 is 0 Å². The van der Waals surface area contributed by atoms with Crippen LogP contribution in [-0.2, 0) is 11.3 Å². The Morgan fingerprint density at radius 3 is 2.37 bits per heavy atom. The summed E-state index contributed by atoms with van der Waals surface area (Å²) in [4.78, 5) is 18.4. The second-order valence-electron chi connectivity index (χ2n) is 8.30. The van der Waals surface area contributed by atoms with E-state index in [0.717, 1.165) is 50.9 Å². The van der Waals surface area contributed by atoms with Gasteiger partial charge in [-0.2, -0.15) is 0 Å². The molecule has 148 valence electrons. The first-order valence-electron chi connectivity index (χ1n) is 10.2. The summed E-state index contributed by atoms with van der Waals surface area (Å²) in [7, 11) is 0. The van der Waals surface area contributed by atoms with Gasteiger partial charge < -0.3 is 20.0 Å². The highest BCUT2D eigenvalue weighted by Crippen LogP contribution is 2.20. The molecule has 0 aromatic heterocycles. The zero-order valence-corrected chi connectivity index (χ0v) is 17.4. The van der Waals surface area contributed by atoms with Gasteiger partial charge in [0.25, 0.3) is 5.91 Å². The van der Waals surface area contributed by atoms with Crippen molar-refractivity contribution in [2.24, 2.45) is 11.8 Å². The van der Waals surface area contributed by atoms with Crippen LogP contribution < -0.4 is 10.2 Å². The first-order valence-corrected chi connectivity index (χ1v) is 10.6. The average molecular weight is 390 g/mol. The van der Waals surface area contributed by atoms with Gasteiger partial charge in [0.15, 0.2) is 11.7 Å². The molecular formula is C21H33N4OS+. The summed E-state index contributed by atoms with van der Waals surface area (Å²) in [6.07, 6.45) is 1.24. The number of piperazine rings is 1. The number of piperidine rings is 1. The summed E-state index contributed by atoms with van der Waals surface area (Å²) >= 11 is 5.56. The van der Waals surface area contributed by atoms with Crippen LogP contribution in [0.5, 0.6) is 0 Å². The van der Waals surface area contributed by atoms with Crippen molar-refractivity contribution in [3.63, 3.8) is 0 Å². The van der Waals surface area contributed by atoms with E-state index in [2.05, 4.69) is 41.1 Å². The van der Waals surface area contributed by atoms with Crippen molar-refractivity contribution in [1.29, 1.82) is 0 Å². The highest BCUT2D eigenvalue weighted by Gasteiger charge is 2.29. The molecule has 2 aliphatic rings. The number of rotatable bonds is 4. The second kappa shape index (κ2) is 9.51. The molecule has 1 amide bonds. The van der Waals surface area contributed by atoms with E-state index < -0.39 is 0 Å². The SMILES string of the molecule is C[C@@H]1C[C@@H](C)CN(C(=O)C[NH+]2CCN(C(=S)NCc3ccccc3)CC2)C1. The van der Waals surface area contributed by atoms with Crippen LogP contribution in [-0.4, -0.2) is 66.6 Å².